The SMILES string of the molecule is CCN1CCOC(Cn2cc(C)cn2)C1. The summed E-state index contributed by atoms with van der Waals surface area (Å²) in [4.78, 5) is 2.42. The molecule has 0 radical (unpaired) electrons. The van der Waals surface area contributed by atoms with Crippen LogP contribution in [-0.2, 0) is 11.3 Å². The van der Waals surface area contributed by atoms with Crippen molar-refractivity contribution in [3.05, 3.63) is 18.0 Å². The van der Waals surface area contributed by atoms with Gasteiger partial charge in [0.25, 0.3) is 0 Å². The van der Waals surface area contributed by atoms with Crippen LogP contribution < -0.4 is 0 Å². The van der Waals surface area contributed by atoms with Gasteiger partial charge in [-0.2, -0.15) is 5.10 Å². The van der Waals surface area contributed by atoms with Gasteiger partial charge in [0.15, 0.2) is 0 Å². The fraction of sp³-hybridized carbons (Fsp3) is 0.727. The molecule has 0 amide bonds. The molecule has 0 spiro atoms. The summed E-state index contributed by atoms with van der Waals surface area (Å²) in [5.74, 6) is 0. The van der Waals surface area contributed by atoms with Crippen LogP contribution in [0.25, 0.3) is 0 Å². The molecule has 1 atom stereocenters. The van der Waals surface area contributed by atoms with E-state index in [1.807, 2.05) is 10.9 Å². The molecule has 4 heteroatoms. The van der Waals surface area contributed by atoms with Crippen molar-refractivity contribution in [1.82, 2.24) is 14.7 Å². The molecule has 1 saturated heterocycles. The van der Waals surface area contributed by atoms with Crippen molar-refractivity contribution < 1.29 is 4.74 Å². The van der Waals surface area contributed by atoms with Crippen LogP contribution in [0, 0.1) is 6.92 Å². The topological polar surface area (TPSA) is 30.3 Å². The first kappa shape index (κ1) is 10.6. The third-order valence-corrected chi connectivity index (χ3v) is 2.82. The van der Waals surface area contributed by atoms with Crippen molar-refractivity contribution >= 4 is 0 Å². The number of likely N-dealkylation sites (N-methyl/N-ethyl adjacent to an activating group) is 1. The van der Waals surface area contributed by atoms with E-state index < -0.39 is 0 Å². The minimum Gasteiger partial charge on any atom is -0.374 e. The van der Waals surface area contributed by atoms with Gasteiger partial charge in [0.2, 0.25) is 0 Å². The molecular weight excluding hydrogens is 190 g/mol. The Bertz CT molecular complexity index is 311. The van der Waals surface area contributed by atoms with Gasteiger partial charge in [-0.15, -0.1) is 0 Å². The van der Waals surface area contributed by atoms with Crippen molar-refractivity contribution in [1.29, 1.82) is 0 Å². The van der Waals surface area contributed by atoms with Crippen molar-refractivity contribution in [2.75, 3.05) is 26.2 Å². The quantitative estimate of drug-likeness (QED) is 0.741. The number of hydrogen-bond acceptors (Lipinski definition) is 3. The molecule has 0 aliphatic carbocycles. The van der Waals surface area contributed by atoms with Crippen LogP contribution in [0.15, 0.2) is 12.4 Å². The molecule has 1 unspecified atom stereocenters. The molecule has 2 rings (SSSR count). The molecule has 4 nitrogen and oxygen atoms in total. The molecule has 0 N–H and O–H groups in total. The van der Waals surface area contributed by atoms with Gasteiger partial charge in [-0.1, -0.05) is 6.92 Å². The number of hydrogen-bond donors (Lipinski definition) is 0. The minimum atomic E-state index is 0.290. The molecule has 0 aromatic carbocycles. The van der Waals surface area contributed by atoms with Crippen LogP contribution in [0.2, 0.25) is 0 Å². The van der Waals surface area contributed by atoms with E-state index in [4.69, 9.17) is 4.74 Å². The fourth-order valence-corrected chi connectivity index (χ4v) is 1.95. The van der Waals surface area contributed by atoms with Gasteiger partial charge >= 0.3 is 0 Å². The lowest BCUT2D eigenvalue weighted by atomic mass is 10.2. The maximum absolute atomic E-state index is 5.72. The lowest BCUT2D eigenvalue weighted by molar-refractivity contribution is -0.0358. The van der Waals surface area contributed by atoms with E-state index in [0.29, 0.717) is 0 Å². The monoisotopic (exact) mass is 209 g/mol. The van der Waals surface area contributed by atoms with E-state index >= 15 is 0 Å². The Hall–Kier alpha value is -0.870. The smallest absolute Gasteiger partial charge is 0.0898 e. The Balaban J connectivity index is 1.88. The Morgan fingerprint density at radius 2 is 2.47 bits per heavy atom. The van der Waals surface area contributed by atoms with E-state index in [1.165, 1.54) is 5.56 Å². The van der Waals surface area contributed by atoms with Gasteiger partial charge in [-0.3, -0.25) is 9.58 Å². The summed E-state index contributed by atoms with van der Waals surface area (Å²) in [6.45, 7) is 9.16. The third kappa shape index (κ3) is 2.79. The van der Waals surface area contributed by atoms with Crippen LogP contribution in [0.5, 0.6) is 0 Å². The fourth-order valence-electron chi connectivity index (χ4n) is 1.95. The molecule has 2 heterocycles. The molecule has 1 aromatic rings. The number of aryl methyl sites for hydroxylation is 1. The van der Waals surface area contributed by atoms with E-state index in [9.17, 15) is 0 Å². The van der Waals surface area contributed by atoms with E-state index in [2.05, 4.69) is 30.0 Å². The van der Waals surface area contributed by atoms with E-state index in [0.717, 1.165) is 32.8 Å². The Kier molecular flexibility index (Phi) is 3.38. The zero-order valence-electron chi connectivity index (χ0n) is 9.52. The van der Waals surface area contributed by atoms with E-state index in [1.54, 1.807) is 0 Å². The molecular formula is C11H19N3O. The van der Waals surface area contributed by atoms with Gasteiger partial charge in [0, 0.05) is 19.3 Å². The second-order valence-electron chi connectivity index (χ2n) is 4.13. The minimum absolute atomic E-state index is 0.290. The first-order valence-corrected chi connectivity index (χ1v) is 5.61. The number of aromatic nitrogens is 2. The Morgan fingerprint density at radius 1 is 1.60 bits per heavy atom. The van der Waals surface area contributed by atoms with Crippen LogP contribution in [0.4, 0.5) is 0 Å². The highest BCUT2D eigenvalue weighted by molar-refractivity contribution is 4.99. The van der Waals surface area contributed by atoms with Crippen molar-refractivity contribution in [3.63, 3.8) is 0 Å². The summed E-state index contributed by atoms with van der Waals surface area (Å²) < 4.78 is 7.69. The van der Waals surface area contributed by atoms with Gasteiger partial charge < -0.3 is 4.74 Å². The number of morpholine rings is 1. The van der Waals surface area contributed by atoms with Crippen LogP contribution >= 0.6 is 0 Å². The van der Waals surface area contributed by atoms with Crippen LogP contribution in [-0.4, -0.2) is 47.0 Å². The zero-order chi connectivity index (χ0) is 10.7. The molecule has 0 bridgehead atoms. The maximum atomic E-state index is 5.72. The molecule has 1 aromatic heterocycles. The predicted octanol–water partition coefficient (Wildman–Crippen LogP) is 0.912. The number of nitrogens with zero attached hydrogens (tertiary/aromatic N) is 3. The zero-order valence-corrected chi connectivity index (χ0v) is 9.52. The molecule has 0 saturated carbocycles. The summed E-state index contributed by atoms with van der Waals surface area (Å²) in [5.41, 5.74) is 1.21. The summed E-state index contributed by atoms with van der Waals surface area (Å²) in [7, 11) is 0. The highest BCUT2D eigenvalue weighted by Gasteiger charge is 2.19. The molecule has 1 aliphatic rings. The molecule has 84 valence electrons. The second kappa shape index (κ2) is 4.77. The first-order chi connectivity index (χ1) is 7.28. The van der Waals surface area contributed by atoms with Crippen molar-refractivity contribution in [3.8, 4) is 0 Å². The van der Waals surface area contributed by atoms with Gasteiger partial charge in [0.1, 0.15) is 0 Å². The molecule has 1 fully saturated rings. The van der Waals surface area contributed by atoms with Gasteiger partial charge in [-0.25, -0.2) is 0 Å². The average molecular weight is 209 g/mol. The maximum Gasteiger partial charge on any atom is 0.0898 e. The molecule has 15 heavy (non-hydrogen) atoms. The summed E-state index contributed by atoms with van der Waals surface area (Å²) in [5, 5.41) is 4.28. The lowest BCUT2D eigenvalue weighted by Crippen LogP contribution is -2.44. The Labute approximate surface area is 90.8 Å². The van der Waals surface area contributed by atoms with Crippen LogP contribution in [0.1, 0.15) is 12.5 Å². The standard InChI is InChI=1S/C11H19N3O/c1-3-13-4-5-15-11(8-13)9-14-7-10(2)6-12-14/h6-7,11H,3-5,8-9H2,1-2H3. The normalized spacial score (nSPS) is 23.2. The van der Waals surface area contributed by atoms with Gasteiger partial charge in [-0.05, 0) is 19.0 Å². The lowest BCUT2D eigenvalue weighted by Gasteiger charge is -2.31. The highest BCUT2D eigenvalue weighted by Crippen LogP contribution is 2.07. The average Bonchev–Trinajstić information content (AvgIpc) is 2.64. The number of ether oxygens (including phenoxy) is 1. The molecule has 1 aliphatic heterocycles. The largest absolute Gasteiger partial charge is 0.374 e. The van der Waals surface area contributed by atoms with Gasteiger partial charge in [0.05, 0.1) is 25.5 Å². The second-order valence-corrected chi connectivity index (χ2v) is 4.13. The predicted molar refractivity (Wildman–Crippen MR) is 58.8 cm³/mol. The number of rotatable bonds is 3. The first-order valence-electron chi connectivity index (χ1n) is 5.61. The third-order valence-electron chi connectivity index (χ3n) is 2.82. The highest BCUT2D eigenvalue weighted by atomic mass is 16.5. The summed E-state index contributed by atoms with van der Waals surface area (Å²) >= 11 is 0. The van der Waals surface area contributed by atoms with Crippen LogP contribution in [0.3, 0.4) is 0 Å². The van der Waals surface area contributed by atoms with Crippen molar-refractivity contribution in [2.45, 2.75) is 26.5 Å². The Morgan fingerprint density at radius 3 is 3.13 bits per heavy atom. The van der Waals surface area contributed by atoms with Crippen molar-refractivity contribution in [2.24, 2.45) is 0 Å². The van der Waals surface area contributed by atoms with E-state index in [-0.39, 0.29) is 6.10 Å². The summed E-state index contributed by atoms with van der Waals surface area (Å²) in [6, 6.07) is 0. The summed E-state index contributed by atoms with van der Waals surface area (Å²) in [6.07, 6.45) is 4.24.